The molecule has 7 heteroatoms. The Kier molecular flexibility index (Phi) is 5.31. The summed E-state index contributed by atoms with van der Waals surface area (Å²) < 4.78 is 5.40. The van der Waals surface area contributed by atoms with Crippen LogP contribution in [0.2, 0.25) is 0 Å². The van der Waals surface area contributed by atoms with E-state index < -0.39 is 11.5 Å². The third-order valence-electron chi connectivity index (χ3n) is 7.74. The monoisotopic (exact) mass is 408 g/mol. The van der Waals surface area contributed by atoms with E-state index in [-0.39, 0.29) is 29.8 Å². The predicted molar refractivity (Wildman–Crippen MR) is 107 cm³/mol. The number of carbonyl (C=O) groups excluding carboxylic acids is 1. The summed E-state index contributed by atoms with van der Waals surface area (Å²) in [5.41, 5.74) is 0.370. The van der Waals surface area contributed by atoms with Gasteiger partial charge in [-0.3, -0.25) is 4.79 Å². The Bertz CT molecular complexity index is 747. The Balaban J connectivity index is 1.71. The Morgan fingerprint density at radius 1 is 1.36 bits per heavy atom. The van der Waals surface area contributed by atoms with Gasteiger partial charge in [0.15, 0.2) is 0 Å². The van der Waals surface area contributed by atoms with Gasteiger partial charge in [-0.2, -0.15) is 0 Å². The molecule has 0 radical (unpaired) electrons. The van der Waals surface area contributed by atoms with E-state index in [1.807, 2.05) is 18.7 Å². The van der Waals surface area contributed by atoms with Crippen molar-refractivity contribution in [3.63, 3.8) is 0 Å². The fraction of sp³-hybridized carbons (Fsp3) is 0.810. The zero-order valence-corrected chi connectivity index (χ0v) is 17.9. The van der Waals surface area contributed by atoms with Crippen LogP contribution in [0.3, 0.4) is 0 Å². The third-order valence-corrected chi connectivity index (χ3v) is 8.75. The molecule has 1 saturated heterocycles. The van der Waals surface area contributed by atoms with Gasteiger partial charge < -0.3 is 19.8 Å². The Morgan fingerprint density at radius 2 is 2.07 bits per heavy atom. The molecule has 1 aromatic rings. The van der Waals surface area contributed by atoms with E-state index in [0.717, 1.165) is 23.5 Å². The van der Waals surface area contributed by atoms with E-state index in [2.05, 4.69) is 6.92 Å². The van der Waals surface area contributed by atoms with Crippen molar-refractivity contribution < 1.29 is 19.7 Å². The topological polar surface area (TPSA) is 82.9 Å². The number of aliphatic hydroxyl groups is 2. The van der Waals surface area contributed by atoms with Crippen LogP contribution < -0.4 is 0 Å². The van der Waals surface area contributed by atoms with Crippen LogP contribution in [0.1, 0.15) is 54.6 Å². The summed E-state index contributed by atoms with van der Waals surface area (Å²) in [6, 6.07) is 0. The second-order valence-corrected chi connectivity index (χ2v) is 10.6. The lowest BCUT2D eigenvalue weighted by atomic mass is 9.47. The smallest absolute Gasteiger partial charge is 0.223 e. The predicted octanol–water partition coefficient (Wildman–Crippen LogP) is 2.12. The number of amides is 1. The van der Waals surface area contributed by atoms with Crippen molar-refractivity contribution in [2.75, 3.05) is 32.9 Å². The number of rotatable bonds is 3. The average Bonchev–Trinajstić information content (AvgIpc) is 3.07. The highest BCUT2D eigenvalue weighted by Gasteiger charge is 2.59. The number of carbonyl (C=O) groups is 1. The van der Waals surface area contributed by atoms with Gasteiger partial charge in [0.05, 0.1) is 36.6 Å². The van der Waals surface area contributed by atoms with Gasteiger partial charge in [-0.15, -0.1) is 11.3 Å². The molecule has 0 aromatic carbocycles. The van der Waals surface area contributed by atoms with Gasteiger partial charge in [0.2, 0.25) is 5.91 Å². The quantitative estimate of drug-likeness (QED) is 0.801. The van der Waals surface area contributed by atoms with Crippen molar-refractivity contribution in [3.05, 3.63) is 15.6 Å². The maximum absolute atomic E-state index is 13.1. The minimum Gasteiger partial charge on any atom is -0.396 e. The lowest BCUT2D eigenvalue weighted by Gasteiger charge is -2.58. The standard InChI is InChI=1S/C21H32N2O4S/c1-13-22-19-14(10-18(26)23-6-8-27-9-7-23)20(2)5-4-17(25)21(3,12-24)16(20)11-15(19)28-13/h14,16-17,24-25H,4-12H2,1-3H3. The summed E-state index contributed by atoms with van der Waals surface area (Å²) >= 11 is 1.70. The molecule has 3 aliphatic rings. The highest BCUT2D eigenvalue weighted by atomic mass is 32.1. The van der Waals surface area contributed by atoms with Gasteiger partial charge in [0, 0.05) is 35.7 Å². The number of thiazole rings is 1. The van der Waals surface area contributed by atoms with Crippen molar-refractivity contribution in [2.45, 2.75) is 58.5 Å². The molecule has 5 unspecified atom stereocenters. The maximum atomic E-state index is 13.1. The van der Waals surface area contributed by atoms with Gasteiger partial charge in [0.25, 0.3) is 0 Å². The van der Waals surface area contributed by atoms with Crippen molar-refractivity contribution >= 4 is 17.2 Å². The van der Waals surface area contributed by atoms with E-state index >= 15 is 0 Å². The van der Waals surface area contributed by atoms with Crippen LogP contribution in [-0.4, -0.2) is 65.0 Å². The molecule has 6 nitrogen and oxygen atoms in total. The normalized spacial score (nSPS) is 38.0. The number of aliphatic hydroxyl groups excluding tert-OH is 2. The summed E-state index contributed by atoms with van der Waals surface area (Å²) in [6.45, 7) is 8.77. The van der Waals surface area contributed by atoms with Crippen molar-refractivity contribution in [2.24, 2.45) is 16.7 Å². The number of morpholine rings is 1. The second-order valence-electron chi connectivity index (χ2n) is 9.27. The number of nitrogens with zero attached hydrogens (tertiary/aromatic N) is 2. The van der Waals surface area contributed by atoms with Gasteiger partial charge in [-0.1, -0.05) is 13.8 Å². The lowest BCUT2D eigenvalue weighted by molar-refractivity contribution is -0.149. The van der Waals surface area contributed by atoms with E-state index in [1.165, 1.54) is 4.88 Å². The summed E-state index contributed by atoms with van der Waals surface area (Å²) in [5, 5.41) is 22.0. The van der Waals surface area contributed by atoms with Gasteiger partial charge in [-0.25, -0.2) is 4.98 Å². The number of ether oxygens (including phenoxy) is 1. The molecule has 156 valence electrons. The molecular formula is C21H32N2O4S. The molecule has 5 atom stereocenters. The van der Waals surface area contributed by atoms with Crippen molar-refractivity contribution in [1.82, 2.24) is 9.88 Å². The van der Waals surface area contributed by atoms with Crippen LogP contribution in [0, 0.1) is 23.7 Å². The first-order chi connectivity index (χ1) is 13.3. The number of aromatic nitrogens is 1. The van der Waals surface area contributed by atoms with E-state index in [9.17, 15) is 15.0 Å². The average molecular weight is 409 g/mol. The zero-order valence-electron chi connectivity index (χ0n) is 17.1. The number of fused-ring (bicyclic) bond motifs is 2. The summed E-state index contributed by atoms with van der Waals surface area (Å²) in [7, 11) is 0. The van der Waals surface area contributed by atoms with Gasteiger partial charge >= 0.3 is 0 Å². The van der Waals surface area contributed by atoms with E-state index in [0.29, 0.717) is 39.1 Å². The molecule has 2 fully saturated rings. The first kappa shape index (κ1) is 20.3. The molecule has 4 rings (SSSR count). The second kappa shape index (κ2) is 7.35. The van der Waals surface area contributed by atoms with Crippen LogP contribution in [0.25, 0.3) is 0 Å². The van der Waals surface area contributed by atoms with E-state index in [4.69, 9.17) is 9.72 Å². The molecule has 1 aliphatic heterocycles. The first-order valence-corrected chi connectivity index (χ1v) is 11.2. The molecule has 1 saturated carbocycles. The molecule has 2 heterocycles. The molecule has 28 heavy (non-hydrogen) atoms. The fourth-order valence-corrected chi connectivity index (χ4v) is 6.93. The highest BCUT2D eigenvalue weighted by molar-refractivity contribution is 7.11. The van der Waals surface area contributed by atoms with Crippen molar-refractivity contribution in [3.8, 4) is 0 Å². The molecule has 2 N–H and O–H groups in total. The fourth-order valence-electron chi connectivity index (χ4n) is 5.88. The molecule has 0 spiro atoms. The maximum Gasteiger partial charge on any atom is 0.223 e. The Labute approximate surface area is 170 Å². The minimum atomic E-state index is -0.553. The SMILES string of the molecule is Cc1nc2c(s1)CC1C(C)(CO)C(O)CCC1(C)C2CC(=O)N1CCOCC1. The molecule has 1 aromatic heterocycles. The molecular weight excluding hydrogens is 376 g/mol. The Hall–Kier alpha value is -1.02. The number of aryl methyl sites for hydroxylation is 1. The minimum absolute atomic E-state index is 0.0277. The third kappa shape index (κ3) is 3.11. The van der Waals surface area contributed by atoms with Crippen LogP contribution in [-0.2, 0) is 16.0 Å². The van der Waals surface area contributed by atoms with E-state index in [1.54, 1.807) is 11.3 Å². The van der Waals surface area contributed by atoms with Crippen LogP contribution in [0.15, 0.2) is 0 Å². The van der Waals surface area contributed by atoms with Gasteiger partial charge in [-0.05, 0) is 37.5 Å². The van der Waals surface area contributed by atoms with Gasteiger partial charge in [0.1, 0.15) is 0 Å². The largest absolute Gasteiger partial charge is 0.396 e. The summed E-state index contributed by atoms with van der Waals surface area (Å²) in [5.74, 6) is 0.326. The Morgan fingerprint density at radius 3 is 2.75 bits per heavy atom. The van der Waals surface area contributed by atoms with Crippen molar-refractivity contribution in [1.29, 1.82) is 0 Å². The molecule has 0 bridgehead atoms. The lowest BCUT2D eigenvalue weighted by Crippen LogP contribution is -2.58. The molecule has 1 amide bonds. The molecule has 2 aliphatic carbocycles. The zero-order chi connectivity index (χ0) is 20.1. The van der Waals surface area contributed by atoms with Crippen LogP contribution >= 0.6 is 11.3 Å². The number of hydrogen-bond donors (Lipinski definition) is 2. The summed E-state index contributed by atoms with van der Waals surface area (Å²) in [4.78, 5) is 21.1. The van der Waals surface area contributed by atoms with Crippen LogP contribution in [0.4, 0.5) is 0 Å². The van der Waals surface area contributed by atoms with Crippen LogP contribution in [0.5, 0.6) is 0 Å². The number of hydrogen-bond acceptors (Lipinski definition) is 6. The first-order valence-electron chi connectivity index (χ1n) is 10.4. The summed E-state index contributed by atoms with van der Waals surface area (Å²) in [6.07, 6.45) is 2.27. The highest BCUT2D eigenvalue weighted by Crippen LogP contribution is 2.62.